The molecule has 1 aromatic carbocycles. The van der Waals surface area contributed by atoms with E-state index < -0.39 is 5.91 Å². The van der Waals surface area contributed by atoms with E-state index in [0.717, 1.165) is 30.5 Å². The van der Waals surface area contributed by atoms with E-state index in [0.29, 0.717) is 39.6 Å². The summed E-state index contributed by atoms with van der Waals surface area (Å²) in [5, 5.41) is 5.25. The first-order valence-corrected chi connectivity index (χ1v) is 11.1. The Balaban J connectivity index is 1.47. The van der Waals surface area contributed by atoms with Gasteiger partial charge in [0.05, 0.1) is 16.6 Å². The van der Waals surface area contributed by atoms with Gasteiger partial charge in [-0.1, -0.05) is 25.1 Å². The van der Waals surface area contributed by atoms with Crippen LogP contribution in [0.25, 0.3) is 16.9 Å². The molecule has 1 fully saturated rings. The largest absolute Gasteiger partial charge is 0.270 e. The number of hydrazine groups is 1. The van der Waals surface area contributed by atoms with Crippen LogP contribution in [0.15, 0.2) is 54.7 Å². The van der Waals surface area contributed by atoms with Gasteiger partial charge in [-0.05, 0) is 62.1 Å². The third-order valence-corrected chi connectivity index (χ3v) is 5.85. The van der Waals surface area contributed by atoms with Gasteiger partial charge in [0.15, 0.2) is 11.5 Å². The second-order valence-electron chi connectivity index (χ2n) is 8.21. The van der Waals surface area contributed by atoms with Crippen LogP contribution < -0.4 is 10.9 Å². The fourth-order valence-corrected chi connectivity index (χ4v) is 3.86. The molecule has 0 atom stereocenters. The maximum absolute atomic E-state index is 13.2. The van der Waals surface area contributed by atoms with Crippen molar-refractivity contribution in [1.29, 1.82) is 0 Å². The average Bonchev–Trinajstić information content (AvgIpc) is 3.66. The first kappa shape index (κ1) is 20.8. The molecule has 0 bridgehead atoms. The van der Waals surface area contributed by atoms with Gasteiger partial charge in [0.25, 0.3) is 11.8 Å². The Kier molecular flexibility index (Phi) is 5.34. The molecule has 2 amide bonds. The summed E-state index contributed by atoms with van der Waals surface area (Å²) in [6, 6.07) is 14.7. The van der Waals surface area contributed by atoms with Crippen LogP contribution in [0, 0.1) is 6.92 Å². The van der Waals surface area contributed by atoms with Crippen molar-refractivity contribution in [1.82, 2.24) is 30.6 Å². The molecule has 5 rings (SSSR count). The number of pyridine rings is 2. The number of aryl methyl sites for hydroxylation is 2. The Labute approximate surface area is 191 Å². The van der Waals surface area contributed by atoms with Crippen molar-refractivity contribution >= 4 is 22.8 Å². The number of hydrogen-bond donors (Lipinski definition) is 2. The molecule has 0 radical (unpaired) electrons. The fraction of sp³-hybridized carbons (Fsp3) is 0.240. The van der Waals surface area contributed by atoms with Crippen LogP contribution in [0.2, 0.25) is 0 Å². The van der Waals surface area contributed by atoms with E-state index in [1.165, 1.54) is 0 Å². The van der Waals surface area contributed by atoms with Gasteiger partial charge in [0, 0.05) is 23.4 Å². The molecule has 3 heterocycles. The summed E-state index contributed by atoms with van der Waals surface area (Å²) in [7, 11) is 0. The van der Waals surface area contributed by atoms with Gasteiger partial charge in [-0.25, -0.2) is 9.97 Å². The summed E-state index contributed by atoms with van der Waals surface area (Å²) in [6.07, 6.45) is 4.67. The van der Waals surface area contributed by atoms with Gasteiger partial charge in [-0.3, -0.25) is 20.4 Å². The highest BCUT2D eigenvalue weighted by molar-refractivity contribution is 6.07. The second-order valence-corrected chi connectivity index (χ2v) is 8.21. The highest BCUT2D eigenvalue weighted by Gasteiger charge is 2.29. The molecule has 8 heteroatoms. The van der Waals surface area contributed by atoms with Crippen LogP contribution in [0.3, 0.4) is 0 Å². The van der Waals surface area contributed by atoms with E-state index in [-0.39, 0.29) is 5.91 Å². The SMILES string of the molecule is CCc1ccc(C(=O)NNC(=O)c2cc(C3CC3)nc3c2c(C)nn3-c2ccccn2)cc1. The summed E-state index contributed by atoms with van der Waals surface area (Å²) in [4.78, 5) is 34.9. The molecule has 8 nitrogen and oxygen atoms in total. The number of carbonyl (C=O) groups excluding carboxylic acids is 2. The number of fused-ring (bicyclic) bond motifs is 1. The van der Waals surface area contributed by atoms with Gasteiger partial charge < -0.3 is 0 Å². The summed E-state index contributed by atoms with van der Waals surface area (Å²) in [5.41, 5.74) is 9.24. The lowest BCUT2D eigenvalue weighted by Crippen LogP contribution is -2.41. The molecule has 1 aliphatic rings. The van der Waals surface area contributed by atoms with Crippen LogP contribution in [0.5, 0.6) is 0 Å². The van der Waals surface area contributed by atoms with Gasteiger partial charge in [0.1, 0.15) is 0 Å². The van der Waals surface area contributed by atoms with Crippen LogP contribution in [-0.2, 0) is 6.42 Å². The summed E-state index contributed by atoms with van der Waals surface area (Å²) >= 11 is 0. The summed E-state index contributed by atoms with van der Waals surface area (Å²) in [5.74, 6) is 0.178. The van der Waals surface area contributed by atoms with Crippen LogP contribution in [-0.4, -0.2) is 31.6 Å². The Bertz CT molecular complexity index is 1340. The van der Waals surface area contributed by atoms with E-state index in [9.17, 15) is 9.59 Å². The normalized spacial score (nSPS) is 13.2. The van der Waals surface area contributed by atoms with Crippen LogP contribution >= 0.6 is 0 Å². The molecule has 1 saturated carbocycles. The van der Waals surface area contributed by atoms with Crippen molar-refractivity contribution in [3.05, 3.63) is 82.8 Å². The van der Waals surface area contributed by atoms with Crippen molar-refractivity contribution < 1.29 is 9.59 Å². The standard InChI is InChI=1S/C25H24N6O2/c1-3-16-7-9-18(10-8-16)24(32)28-29-25(33)19-14-20(17-11-12-17)27-23-22(19)15(2)30-31(23)21-6-4-5-13-26-21/h4-10,13-14,17H,3,11-12H2,1-2H3,(H,28,32)(H,29,33). The van der Waals surface area contributed by atoms with Crippen molar-refractivity contribution in [2.75, 3.05) is 0 Å². The maximum Gasteiger partial charge on any atom is 0.270 e. The van der Waals surface area contributed by atoms with Crippen molar-refractivity contribution in [3.8, 4) is 5.82 Å². The monoisotopic (exact) mass is 440 g/mol. The molecule has 33 heavy (non-hydrogen) atoms. The lowest BCUT2D eigenvalue weighted by molar-refractivity contribution is 0.0847. The van der Waals surface area contributed by atoms with E-state index >= 15 is 0 Å². The van der Waals surface area contributed by atoms with Gasteiger partial charge >= 0.3 is 0 Å². The zero-order chi connectivity index (χ0) is 22.9. The number of benzene rings is 1. The van der Waals surface area contributed by atoms with Crippen LogP contribution in [0.4, 0.5) is 0 Å². The predicted molar refractivity (Wildman–Crippen MR) is 124 cm³/mol. The van der Waals surface area contributed by atoms with Crippen molar-refractivity contribution in [2.45, 2.75) is 39.0 Å². The van der Waals surface area contributed by atoms with E-state index in [2.05, 4.69) is 27.9 Å². The smallest absolute Gasteiger partial charge is 0.267 e. The first-order valence-electron chi connectivity index (χ1n) is 11.1. The Morgan fingerprint density at radius 3 is 2.48 bits per heavy atom. The number of rotatable bonds is 5. The molecule has 2 N–H and O–H groups in total. The van der Waals surface area contributed by atoms with Crippen molar-refractivity contribution in [2.24, 2.45) is 0 Å². The lowest BCUT2D eigenvalue weighted by atomic mass is 10.1. The molecule has 4 aromatic rings. The van der Waals surface area contributed by atoms with E-state index in [1.807, 2.05) is 43.3 Å². The third-order valence-electron chi connectivity index (χ3n) is 5.85. The molecule has 166 valence electrons. The predicted octanol–water partition coefficient (Wildman–Crippen LogP) is 3.64. The average molecular weight is 441 g/mol. The number of nitrogens with zero attached hydrogens (tertiary/aromatic N) is 4. The van der Waals surface area contributed by atoms with Crippen LogP contribution in [0.1, 0.15) is 63.4 Å². The van der Waals surface area contributed by atoms with Gasteiger partial charge in [-0.2, -0.15) is 9.78 Å². The molecule has 0 unspecified atom stereocenters. The Morgan fingerprint density at radius 1 is 1.06 bits per heavy atom. The molecule has 0 aliphatic heterocycles. The summed E-state index contributed by atoms with van der Waals surface area (Å²) in [6.45, 7) is 3.89. The molecular formula is C25H24N6O2. The number of carbonyl (C=O) groups is 2. The number of amides is 2. The molecule has 0 saturated heterocycles. The highest BCUT2D eigenvalue weighted by Crippen LogP contribution is 2.40. The van der Waals surface area contributed by atoms with Gasteiger partial charge in [-0.15, -0.1) is 0 Å². The van der Waals surface area contributed by atoms with Gasteiger partial charge in [0.2, 0.25) is 0 Å². The maximum atomic E-state index is 13.2. The number of aromatic nitrogens is 4. The second kappa shape index (κ2) is 8.46. The topological polar surface area (TPSA) is 102 Å². The minimum absolute atomic E-state index is 0.333. The van der Waals surface area contributed by atoms with E-state index in [1.54, 1.807) is 23.0 Å². The first-order chi connectivity index (χ1) is 16.0. The number of hydrogen-bond acceptors (Lipinski definition) is 5. The molecule has 3 aromatic heterocycles. The molecule has 1 aliphatic carbocycles. The fourth-order valence-electron chi connectivity index (χ4n) is 3.86. The Morgan fingerprint density at radius 2 is 1.82 bits per heavy atom. The molecule has 0 spiro atoms. The number of nitrogens with one attached hydrogen (secondary N) is 2. The summed E-state index contributed by atoms with van der Waals surface area (Å²) < 4.78 is 1.67. The quantitative estimate of drug-likeness (QED) is 0.462. The lowest BCUT2D eigenvalue weighted by Gasteiger charge is -2.11. The Hall–Kier alpha value is -4.07. The minimum atomic E-state index is -0.411. The zero-order valence-corrected chi connectivity index (χ0v) is 18.5. The van der Waals surface area contributed by atoms with Crippen molar-refractivity contribution in [3.63, 3.8) is 0 Å². The molecular weight excluding hydrogens is 416 g/mol. The zero-order valence-electron chi connectivity index (χ0n) is 18.5. The minimum Gasteiger partial charge on any atom is -0.267 e. The third kappa shape index (κ3) is 4.07. The highest BCUT2D eigenvalue weighted by atomic mass is 16.2. The van der Waals surface area contributed by atoms with E-state index in [4.69, 9.17) is 4.98 Å².